The van der Waals surface area contributed by atoms with E-state index in [0.717, 1.165) is 19.1 Å². The second kappa shape index (κ2) is 11.5. The molecular weight excluding hydrogens is 636 g/mol. The second-order valence-electron chi connectivity index (χ2n) is 9.64. The molecule has 1 aliphatic rings. The van der Waals surface area contributed by atoms with Crippen LogP contribution in [0.1, 0.15) is 19.4 Å². The van der Waals surface area contributed by atoms with E-state index in [2.05, 4.69) is 0 Å². The average Bonchev–Trinajstić information content (AvgIpc) is 2.99. The lowest BCUT2D eigenvalue weighted by Crippen LogP contribution is -2.45. The molecule has 0 bridgehead atoms. The molecule has 0 aliphatic carbocycles. The van der Waals surface area contributed by atoms with E-state index in [-0.39, 0.29) is 16.2 Å². The smallest absolute Gasteiger partial charge is 0.405 e. The summed E-state index contributed by atoms with van der Waals surface area (Å²) in [6.45, 7) is -1.32. The van der Waals surface area contributed by atoms with E-state index in [1.165, 1.54) is 55.5 Å². The van der Waals surface area contributed by atoms with E-state index in [4.69, 9.17) is 18.8 Å². The maximum Gasteiger partial charge on any atom is 0.405 e. The van der Waals surface area contributed by atoms with Gasteiger partial charge in [-0.25, -0.2) is 8.78 Å². The summed E-state index contributed by atoms with van der Waals surface area (Å²) in [6, 6.07) is 13.5. The van der Waals surface area contributed by atoms with E-state index in [9.17, 15) is 43.5 Å². The summed E-state index contributed by atoms with van der Waals surface area (Å²) in [4.78, 5) is 0.922. The van der Waals surface area contributed by atoms with Gasteiger partial charge >= 0.3 is 27.2 Å². The van der Waals surface area contributed by atoms with Gasteiger partial charge in [-0.3, -0.25) is 4.55 Å². The second-order valence-corrected chi connectivity index (χ2v) is 13.2. The Kier molecular flexibility index (Phi) is 8.85. The first-order valence-electron chi connectivity index (χ1n) is 12.2. The normalized spacial score (nSPS) is 19.7. The van der Waals surface area contributed by atoms with Crippen molar-refractivity contribution in [3.8, 4) is 5.75 Å². The molecular formula is C27H23F8O6S2+. The highest BCUT2D eigenvalue weighted by Gasteiger charge is 2.60. The third kappa shape index (κ3) is 6.77. The Labute approximate surface area is 243 Å². The summed E-state index contributed by atoms with van der Waals surface area (Å²) in [6.07, 6.45) is -2.29. The van der Waals surface area contributed by atoms with Crippen LogP contribution in [0.15, 0.2) is 81.4 Å². The molecule has 16 heteroatoms. The van der Waals surface area contributed by atoms with E-state index >= 15 is 0 Å². The molecule has 1 aliphatic heterocycles. The van der Waals surface area contributed by atoms with Crippen molar-refractivity contribution < 1.29 is 62.3 Å². The van der Waals surface area contributed by atoms with Gasteiger partial charge in [0.1, 0.15) is 30.6 Å². The summed E-state index contributed by atoms with van der Waals surface area (Å²) in [5.74, 6) is -13.0. The fourth-order valence-electron chi connectivity index (χ4n) is 3.96. The molecule has 3 aromatic rings. The third-order valence-corrected chi connectivity index (χ3v) is 9.68. The van der Waals surface area contributed by atoms with E-state index in [0.29, 0.717) is 15.9 Å². The zero-order valence-electron chi connectivity index (χ0n) is 22.2. The van der Waals surface area contributed by atoms with Gasteiger partial charge < -0.3 is 14.2 Å². The lowest BCUT2D eigenvalue weighted by atomic mass is 10.1. The number of alkyl halides is 6. The maximum atomic E-state index is 14.2. The molecule has 43 heavy (non-hydrogen) atoms. The summed E-state index contributed by atoms with van der Waals surface area (Å²) in [5, 5.41) is -4.62. The first kappa shape index (κ1) is 33.0. The number of ether oxygens (including phenoxy) is 3. The molecule has 3 aromatic carbocycles. The van der Waals surface area contributed by atoms with Crippen LogP contribution < -0.4 is 4.74 Å². The van der Waals surface area contributed by atoms with Crippen LogP contribution >= 0.6 is 0 Å². The van der Waals surface area contributed by atoms with E-state index < -0.39 is 74.9 Å². The number of halogens is 8. The SMILES string of the molecule is CC(Oc1ccc([S+](c2ccc(C3(C)OCC(F)(F)C(F)(F)CO3)cc2)c2cc(F)cc(F)c2)cc1)C(F)(F)S(=O)(=O)O. The van der Waals surface area contributed by atoms with Gasteiger partial charge in [0.25, 0.3) is 0 Å². The van der Waals surface area contributed by atoms with Gasteiger partial charge in [-0.1, -0.05) is 0 Å². The molecule has 1 N–H and O–H groups in total. The van der Waals surface area contributed by atoms with Crippen LogP contribution in [0.25, 0.3) is 0 Å². The van der Waals surface area contributed by atoms with Gasteiger partial charge in [-0.2, -0.15) is 34.8 Å². The minimum Gasteiger partial charge on any atom is -0.483 e. The molecule has 1 heterocycles. The number of hydrogen-bond donors (Lipinski definition) is 1. The van der Waals surface area contributed by atoms with Crippen LogP contribution in [0.5, 0.6) is 5.75 Å². The number of rotatable bonds is 8. The van der Waals surface area contributed by atoms with E-state index in [1.54, 1.807) is 0 Å². The zero-order chi connectivity index (χ0) is 32.0. The highest BCUT2D eigenvalue weighted by Crippen LogP contribution is 2.43. The van der Waals surface area contributed by atoms with Gasteiger partial charge in [-0.15, -0.1) is 0 Å². The van der Waals surface area contributed by atoms with Crippen molar-refractivity contribution in [1.29, 1.82) is 0 Å². The van der Waals surface area contributed by atoms with Crippen LogP contribution in [0, 0.1) is 11.6 Å². The van der Waals surface area contributed by atoms with Crippen molar-refractivity contribution >= 4 is 21.0 Å². The van der Waals surface area contributed by atoms with Crippen LogP contribution in [0.2, 0.25) is 0 Å². The van der Waals surface area contributed by atoms with Gasteiger partial charge in [-0.05, 0) is 62.4 Å². The summed E-state index contributed by atoms with van der Waals surface area (Å²) in [5.41, 5.74) is 0.0937. The lowest BCUT2D eigenvalue weighted by molar-refractivity contribution is -0.233. The van der Waals surface area contributed by atoms with Crippen LogP contribution in [0.3, 0.4) is 0 Å². The Balaban J connectivity index is 1.68. The first-order valence-corrected chi connectivity index (χ1v) is 14.9. The van der Waals surface area contributed by atoms with Crippen molar-refractivity contribution in [3.05, 3.63) is 83.9 Å². The van der Waals surface area contributed by atoms with Crippen molar-refractivity contribution in [3.63, 3.8) is 0 Å². The Morgan fingerprint density at radius 3 is 1.72 bits per heavy atom. The summed E-state index contributed by atoms with van der Waals surface area (Å²) < 4.78 is 157. The lowest BCUT2D eigenvalue weighted by Gasteiger charge is -2.28. The van der Waals surface area contributed by atoms with Gasteiger partial charge in [0.05, 0.1) is 10.9 Å². The predicted molar refractivity (Wildman–Crippen MR) is 137 cm³/mol. The first-order chi connectivity index (χ1) is 19.8. The fourth-order valence-corrected chi connectivity index (χ4v) is 6.52. The van der Waals surface area contributed by atoms with Crippen LogP contribution in [-0.4, -0.2) is 49.4 Å². The molecule has 1 saturated heterocycles. The molecule has 6 nitrogen and oxygen atoms in total. The topological polar surface area (TPSA) is 82.1 Å². The van der Waals surface area contributed by atoms with Crippen LogP contribution in [-0.2, 0) is 36.3 Å². The maximum absolute atomic E-state index is 14.2. The Bertz CT molecular complexity index is 1530. The summed E-state index contributed by atoms with van der Waals surface area (Å²) in [7, 11) is -7.06. The van der Waals surface area contributed by atoms with E-state index in [1.807, 2.05) is 0 Å². The highest BCUT2D eigenvalue weighted by molar-refractivity contribution is 7.97. The predicted octanol–water partition coefficient (Wildman–Crippen LogP) is 6.80. The van der Waals surface area contributed by atoms with Crippen molar-refractivity contribution in [2.24, 2.45) is 0 Å². The van der Waals surface area contributed by atoms with Crippen molar-refractivity contribution in [1.82, 2.24) is 0 Å². The minimum atomic E-state index is -5.77. The molecule has 0 spiro atoms. The highest BCUT2D eigenvalue weighted by atomic mass is 32.2. The fraction of sp³-hybridized carbons (Fsp3) is 0.333. The Morgan fingerprint density at radius 1 is 0.837 bits per heavy atom. The van der Waals surface area contributed by atoms with Gasteiger partial charge in [0.2, 0.25) is 0 Å². The zero-order valence-corrected chi connectivity index (χ0v) is 23.8. The molecule has 2 unspecified atom stereocenters. The Hall–Kier alpha value is -2.92. The molecule has 4 rings (SSSR count). The molecule has 1 fully saturated rings. The standard InChI is InChI=1S/C27H22F8O6S2/c1-16(27(34,35)43(36,37)38)41-20-5-9-22(10-6-20)42(23-12-18(28)11-19(29)13-23)21-7-3-17(4-8-21)24(2)39-14-25(30,31)26(32,33)15-40-24/h3-13,16H,14-15H2,1-2H3/p+1. The number of hydrogen-bond acceptors (Lipinski definition) is 5. The largest absolute Gasteiger partial charge is 0.483 e. The Morgan fingerprint density at radius 2 is 1.28 bits per heavy atom. The van der Waals surface area contributed by atoms with Gasteiger partial charge in [0.15, 0.2) is 26.6 Å². The van der Waals surface area contributed by atoms with Crippen molar-refractivity contribution in [2.45, 2.75) is 57.5 Å². The average molecular weight is 660 g/mol. The molecule has 0 radical (unpaired) electrons. The molecule has 0 aromatic heterocycles. The van der Waals surface area contributed by atoms with Crippen LogP contribution in [0.4, 0.5) is 35.1 Å². The quantitative estimate of drug-likeness (QED) is 0.163. The third-order valence-electron chi connectivity index (χ3n) is 6.47. The van der Waals surface area contributed by atoms with Crippen molar-refractivity contribution in [2.75, 3.05) is 13.2 Å². The number of benzene rings is 3. The van der Waals surface area contributed by atoms with Gasteiger partial charge in [0, 0.05) is 23.8 Å². The minimum absolute atomic E-state index is 0.0937. The molecule has 0 amide bonds. The molecule has 2 atom stereocenters. The molecule has 0 saturated carbocycles. The monoisotopic (exact) mass is 659 g/mol. The summed E-state index contributed by atoms with van der Waals surface area (Å²) >= 11 is 0. The molecule has 234 valence electrons.